The summed E-state index contributed by atoms with van der Waals surface area (Å²) in [7, 11) is 2.21. The standard InChI is InChI=1S/C14H23BrN2S/c1-4-12(11-18-3)17(2)10-9-16-14-8-6-5-7-13(14)15/h5-8,12,16H,4,9-11H2,1-3H3. The highest BCUT2D eigenvalue weighted by molar-refractivity contribution is 9.10. The van der Waals surface area contributed by atoms with Crippen molar-refractivity contribution in [2.45, 2.75) is 19.4 Å². The minimum atomic E-state index is 0.681. The zero-order chi connectivity index (χ0) is 13.4. The van der Waals surface area contributed by atoms with Crippen molar-refractivity contribution in [1.29, 1.82) is 0 Å². The van der Waals surface area contributed by atoms with Gasteiger partial charge in [0.15, 0.2) is 0 Å². The van der Waals surface area contributed by atoms with Crippen LogP contribution in [0.1, 0.15) is 13.3 Å². The number of hydrogen-bond donors (Lipinski definition) is 1. The van der Waals surface area contributed by atoms with Crippen molar-refractivity contribution < 1.29 is 0 Å². The Morgan fingerprint density at radius 2 is 2.11 bits per heavy atom. The van der Waals surface area contributed by atoms with E-state index in [0.717, 1.165) is 17.6 Å². The molecule has 0 aliphatic heterocycles. The second-order valence-corrected chi connectivity index (χ2v) is 6.17. The van der Waals surface area contributed by atoms with Gasteiger partial charge in [-0.15, -0.1) is 0 Å². The van der Waals surface area contributed by atoms with Crippen LogP contribution in [0.3, 0.4) is 0 Å². The smallest absolute Gasteiger partial charge is 0.0485 e. The van der Waals surface area contributed by atoms with Gasteiger partial charge >= 0.3 is 0 Å². The molecule has 0 spiro atoms. The van der Waals surface area contributed by atoms with Gasteiger partial charge in [0.2, 0.25) is 0 Å². The highest BCUT2D eigenvalue weighted by Gasteiger charge is 2.11. The monoisotopic (exact) mass is 330 g/mol. The number of nitrogens with zero attached hydrogens (tertiary/aromatic N) is 1. The molecule has 1 atom stereocenters. The van der Waals surface area contributed by atoms with Crippen LogP contribution < -0.4 is 5.32 Å². The van der Waals surface area contributed by atoms with Crippen molar-refractivity contribution in [1.82, 2.24) is 4.90 Å². The molecule has 0 heterocycles. The van der Waals surface area contributed by atoms with E-state index in [1.165, 1.54) is 17.9 Å². The van der Waals surface area contributed by atoms with E-state index in [1.807, 2.05) is 17.8 Å². The number of anilines is 1. The molecule has 1 N–H and O–H groups in total. The molecule has 0 aliphatic carbocycles. The van der Waals surface area contributed by atoms with Crippen LogP contribution in [-0.2, 0) is 0 Å². The van der Waals surface area contributed by atoms with Gasteiger partial charge < -0.3 is 10.2 Å². The van der Waals surface area contributed by atoms with Crippen LogP contribution in [0.2, 0.25) is 0 Å². The summed E-state index contributed by atoms with van der Waals surface area (Å²) >= 11 is 5.48. The predicted molar refractivity (Wildman–Crippen MR) is 87.7 cm³/mol. The molecule has 1 unspecified atom stereocenters. The molecule has 0 radical (unpaired) electrons. The summed E-state index contributed by atoms with van der Waals surface area (Å²) in [4.78, 5) is 2.44. The second-order valence-electron chi connectivity index (χ2n) is 4.40. The Kier molecular flexibility index (Phi) is 7.79. The summed E-state index contributed by atoms with van der Waals surface area (Å²) in [5.41, 5.74) is 1.17. The predicted octanol–water partition coefficient (Wildman–Crippen LogP) is 3.93. The maximum absolute atomic E-state index is 3.55. The topological polar surface area (TPSA) is 15.3 Å². The Labute approximate surface area is 124 Å². The van der Waals surface area contributed by atoms with Crippen LogP contribution in [0.25, 0.3) is 0 Å². The fourth-order valence-corrected chi connectivity index (χ4v) is 3.20. The Morgan fingerprint density at radius 1 is 1.39 bits per heavy atom. The van der Waals surface area contributed by atoms with Crippen LogP contribution in [0.4, 0.5) is 5.69 Å². The van der Waals surface area contributed by atoms with Gasteiger partial charge in [-0.05, 0) is 47.8 Å². The minimum Gasteiger partial charge on any atom is -0.383 e. The number of nitrogens with one attached hydrogen (secondary N) is 1. The first-order valence-electron chi connectivity index (χ1n) is 6.36. The molecule has 102 valence electrons. The minimum absolute atomic E-state index is 0.681. The largest absolute Gasteiger partial charge is 0.383 e. The molecule has 0 fully saturated rings. The average molecular weight is 331 g/mol. The number of thioether (sulfide) groups is 1. The zero-order valence-electron chi connectivity index (χ0n) is 11.4. The molecule has 4 heteroatoms. The third-order valence-electron chi connectivity index (χ3n) is 3.11. The number of likely N-dealkylation sites (N-methyl/N-ethyl adjacent to an activating group) is 1. The van der Waals surface area contributed by atoms with E-state index in [4.69, 9.17) is 0 Å². The van der Waals surface area contributed by atoms with Gasteiger partial charge in [-0.2, -0.15) is 11.8 Å². The normalized spacial score (nSPS) is 12.7. The summed E-state index contributed by atoms with van der Waals surface area (Å²) in [6, 6.07) is 8.94. The van der Waals surface area contributed by atoms with Gasteiger partial charge in [0.1, 0.15) is 0 Å². The Bertz CT molecular complexity index is 346. The number of rotatable bonds is 8. The third-order valence-corrected chi connectivity index (χ3v) is 4.52. The third kappa shape index (κ3) is 5.21. The molecule has 0 saturated carbocycles. The fourth-order valence-electron chi connectivity index (χ4n) is 1.90. The Hall–Kier alpha value is -0.190. The van der Waals surface area contributed by atoms with Crippen LogP contribution in [0.15, 0.2) is 28.7 Å². The van der Waals surface area contributed by atoms with Gasteiger partial charge in [-0.1, -0.05) is 19.1 Å². The van der Waals surface area contributed by atoms with Gasteiger partial charge in [0.05, 0.1) is 0 Å². The average Bonchev–Trinajstić information content (AvgIpc) is 2.38. The quantitative estimate of drug-likeness (QED) is 0.777. The van der Waals surface area contributed by atoms with Crippen molar-refractivity contribution in [3.8, 4) is 0 Å². The van der Waals surface area contributed by atoms with Gasteiger partial charge in [-0.3, -0.25) is 0 Å². The molecule has 18 heavy (non-hydrogen) atoms. The summed E-state index contributed by atoms with van der Waals surface area (Å²) in [6.45, 7) is 4.31. The van der Waals surface area contributed by atoms with Gasteiger partial charge in [-0.25, -0.2) is 0 Å². The molecule has 1 aromatic rings. The van der Waals surface area contributed by atoms with Crippen molar-refractivity contribution in [3.63, 3.8) is 0 Å². The van der Waals surface area contributed by atoms with E-state index in [-0.39, 0.29) is 0 Å². The van der Waals surface area contributed by atoms with Crippen molar-refractivity contribution in [3.05, 3.63) is 28.7 Å². The van der Waals surface area contributed by atoms with Crippen LogP contribution >= 0.6 is 27.7 Å². The van der Waals surface area contributed by atoms with Crippen LogP contribution in [-0.4, -0.2) is 43.1 Å². The molecule has 0 aromatic heterocycles. The highest BCUT2D eigenvalue weighted by Crippen LogP contribution is 2.20. The first-order chi connectivity index (χ1) is 8.69. The molecule has 0 amide bonds. The summed E-state index contributed by atoms with van der Waals surface area (Å²) in [5, 5.41) is 3.47. The van der Waals surface area contributed by atoms with Gasteiger partial charge in [0.25, 0.3) is 0 Å². The zero-order valence-corrected chi connectivity index (χ0v) is 13.9. The molecular weight excluding hydrogens is 308 g/mol. The van der Waals surface area contributed by atoms with E-state index in [2.05, 4.69) is 64.6 Å². The van der Waals surface area contributed by atoms with Crippen LogP contribution in [0.5, 0.6) is 0 Å². The lowest BCUT2D eigenvalue weighted by molar-refractivity contribution is 0.265. The van der Waals surface area contributed by atoms with Crippen molar-refractivity contribution in [2.75, 3.05) is 37.5 Å². The lowest BCUT2D eigenvalue weighted by Crippen LogP contribution is -2.36. The van der Waals surface area contributed by atoms with Crippen LogP contribution in [0, 0.1) is 0 Å². The summed E-state index contributed by atoms with van der Waals surface area (Å²) < 4.78 is 1.13. The first kappa shape index (κ1) is 15.9. The highest BCUT2D eigenvalue weighted by atomic mass is 79.9. The maximum Gasteiger partial charge on any atom is 0.0485 e. The summed E-state index contributed by atoms with van der Waals surface area (Å²) in [5.74, 6) is 1.21. The molecule has 1 rings (SSSR count). The summed E-state index contributed by atoms with van der Waals surface area (Å²) in [6.07, 6.45) is 3.39. The number of hydrogen-bond acceptors (Lipinski definition) is 3. The molecule has 0 aliphatic rings. The van der Waals surface area contributed by atoms with E-state index < -0.39 is 0 Å². The van der Waals surface area contributed by atoms with E-state index in [0.29, 0.717) is 6.04 Å². The molecule has 0 saturated heterocycles. The molecular formula is C14H23BrN2S. The Morgan fingerprint density at radius 3 is 2.72 bits per heavy atom. The Balaban J connectivity index is 2.35. The van der Waals surface area contributed by atoms with E-state index in [9.17, 15) is 0 Å². The SMILES string of the molecule is CCC(CSC)N(C)CCNc1ccccc1Br. The number of para-hydroxylation sites is 1. The first-order valence-corrected chi connectivity index (χ1v) is 8.55. The molecule has 0 bridgehead atoms. The van der Waals surface area contributed by atoms with E-state index >= 15 is 0 Å². The number of halogens is 1. The molecule has 2 nitrogen and oxygen atoms in total. The maximum atomic E-state index is 3.55. The van der Waals surface area contributed by atoms with E-state index in [1.54, 1.807) is 0 Å². The lowest BCUT2D eigenvalue weighted by atomic mass is 10.2. The lowest BCUT2D eigenvalue weighted by Gasteiger charge is -2.26. The second kappa shape index (κ2) is 8.83. The van der Waals surface area contributed by atoms with Crippen molar-refractivity contribution >= 4 is 33.4 Å². The van der Waals surface area contributed by atoms with Crippen molar-refractivity contribution in [2.24, 2.45) is 0 Å². The molecule has 1 aromatic carbocycles. The number of benzene rings is 1. The fraction of sp³-hybridized carbons (Fsp3) is 0.571. The van der Waals surface area contributed by atoms with Gasteiger partial charge in [0, 0.05) is 35.0 Å².